The van der Waals surface area contributed by atoms with Gasteiger partial charge in [-0.25, -0.2) is 13.5 Å². The van der Waals surface area contributed by atoms with Gasteiger partial charge < -0.3 is 25.0 Å². The Balaban J connectivity index is 1.21. The lowest BCUT2D eigenvalue weighted by molar-refractivity contribution is -0.147. The summed E-state index contributed by atoms with van der Waals surface area (Å²) in [7, 11) is 1.58. The van der Waals surface area contributed by atoms with E-state index in [1.807, 2.05) is 75.4 Å². The fourth-order valence-electron chi connectivity index (χ4n) is 8.41. The van der Waals surface area contributed by atoms with Crippen molar-refractivity contribution in [1.29, 1.82) is 0 Å². The van der Waals surface area contributed by atoms with E-state index in [0.717, 1.165) is 35.6 Å². The first-order valence-electron chi connectivity index (χ1n) is 19.9. The predicted molar refractivity (Wildman–Crippen MR) is 216 cm³/mol. The summed E-state index contributed by atoms with van der Waals surface area (Å²) in [5, 5.41) is 6.77. The van der Waals surface area contributed by atoms with Gasteiger partial charge in [0.2, 0.25) is 17.7 Å². The Kier molecular flexibility index (Phi) is 11.5. The summed E-state index contributed by atoms with van der Waals surface area (Å²) < 4.78 is 35.7. The molecule has 4 fully saturated rings. The SMILES string of the molecule is C=C[C@@H]1C[C@]1(NC(=O)[C@@H]1C[C@@H](Oc2cc(-c3ccccc3)nc3cc(OC)ccc23)CN1C(=O)[C@@H](CC(=O)NC1CCCC1)C(C)(C)C)C(=O)N(C1CC1)S(=O)O. The molecule has 2 aromatic carbocycles. The van der Waals surface area contributed by atoms with Gasteiger partial charge in [-0.1, -0.05) is 70.0 Å². The lowest BCUT2D eigenvalue weighted by atomic mass is 9.77. The van der Waals surface area contributed by atoms with Gasteiger partial charge in [0.05, 0.1) is 30.8 Å². The van der Waals surface area contributed by atoms with Crippen LogP contribution in [0.25, 0.3) is 22.2 Å². The van der Waals surface area contributed by atoms with Gasteiger partial charge in [0, 0.05) is 53.9 Å². The Morgan fingerprint density at radius 2 is 1.81 bits per heavy atom. The van der Waals surface area contributed by atoms with Crippen molar-refractivity contribution in [2.75, 3.05) is 13.7 Å². The van der Waals surface area contributed by atoms with Gasteiger partial charge in [0.25, 0.3) is 17.2 Å². The number of nitrogens with one attached hydrogen (secondary N) is 2. The first kappa shape index (κ1) is 40.4. The zero-order valence-corrected chi connectivity index (χ0v) is 33.9. The number of carbonyl (C=O) groups is 4. The number of methoxy groups -OCH3 is 1. The Morgan fingerprint density at radius 1 is 1.09 bits per heavy atom. The van der Waals surface area contributed by atoms with Gasteiger partial charge in [-0.3, -0.25) is 23.7 Å². The maximum Gasteiger partial charge on any atom is 0.264 e. The highest BCUT2D eigenvalue weighted by Gasteiger charge is 2.64. The second-order valence-electron chi connectivity index (χ2n) is 17.0. The van der Waals surface area contributed by atoms with E-state index in [2.05, 4.69) is 17.2 Å². The first-order valence-corrected chi connectivity index (χ1v) is 21.0. The molecular formula is C43H53N5O8S. The number of fused-ring (bicyclic) bond motifs is 1. The summed E-state index contributed by atoms with van der Waals surface area (Å²) in [5.41, 5.74) is 0.0592. The van der Waals surface area contributed by atoms with Gasteiger partial charge in [-0.2, -0.15) is 0 Å². The van der Waals surface area contributed by atoms with Crippen molar-refractivity contribution in [2.45, 2.75) is 108 Å². The van der Waals surface area contributed by atoms with Gasteiger partial charge in [0.1, 0.15) is 29.2 Å². The summed E-state index contributed by atoms with van der Waals surface area (Å²) in [6, 6.07) is 15.7. The molecule has 1 aromatic heterocycles. The molecule has 3 saturated carbocycles. The molecule has 1 unspecified atom stereocenters. The highest BCUT2D eigenvalue weighted by Crippen LogP contribution is 2.48. The standard InChI is InChI=1S/C43H53N5O8S/c1-6-27-24-43(27,41(52)48(57(53)54)29-16-17-29)46-39(50)36-21-31(25-47(36)40(51)33(42(2,3)4)22-38(49)44-28-14-10-11-15-28)56-37-23-34(26-12-8-7-9-13-26)45-35-20-30(55-5)18-19-32(35)37/h6-9,12-13,18-20,23,27-29,31,33,36H,1,10-11,14-17,21-22,24-25H2,2-5H3,(H,44,49)(H,46,50)(H,53,54)/t27-,31-,33-,36+,43-/m1/s1. The lowest BCUT2D eigenvalue weighted by Crippen LogP contribution is -2.57. The minimum atomic E-state index is -2.58. The second kappa shape index (κ2) is 16.2. The maximum absolute atomic E-state index is 14.9. The summed E-state index contributed by atoms with van der Waals surface area (Å²) in [6.45, 7) is 9.62. The monoisotopic (exact) mass is 799 g/mol. The molecule has 6 atom stereocenters. The van der Waals surface area contributed by atoms with E-state index < -0.39 is 58.0 Å². The van der Waals surface area contributed by atoms with Crippen LogP contribution < -0.4 is 20.1 Å². The molecule has 1 saturated heterocycles. The Bertz CT molecular complexity index is 2060. The molecule has 13 nitrogen and oxygen atoms in total. The van der Waals surface area contributed by atoms with E-state index in [1.54, 1.807) is 13.2 Å². The number of aromatic nitrogens is 1. The van der Waals surface area contributed by atoms with E-state index in [4.69, 9.17) is 14.5 Å². The lowest BCUT2D eigenvalue weighted by Gasteiger charge is -2.35. The number of pyridine rings is 1. The maximum atomic E-state index is 14.9. The molecule has 14 heteroatoms. The average molecular weight is 800 g/mol. The number of ether oxygens (including phenoxy) is 2. The predicted octanol–water partition coefficient (Wildman–Crippen LogP) is 5.56. The number of benzene rings is 2. The Morgan fingerprint density at radius 3 is 2.42 bits per heavy atom. The van der Waals surface area contributed by atoms with Crippen LogP contribution in [0.15, 0.2) is 67.3 Å². The van der Waals surface area contributed by atoms with E-state index in [9.17, 15) is 27.9 Å². The molecule has 3 aromatic rings. The van der Waals surface area contributed by atoms with Crippen LogP contribution in [-0.2, 0) is 30.4 Å². The van der Waals surface area contributed by atoms with Gasteiger partial charge >= 0.3 is 0 Å². The molecule has 0 radical (unpaired) electrons. The topological polar surface area (TPSA) is 167 Å². The van der Waals surface area contributed by atoms with Crippen molar-refractivity contribution in [1.82, 2.24) is 24.8 Å². The average Bonchev–Trinajstić information content (AvgIpc) is 4.04. The van der Waals surface area contributed by atoms with Gasteiger partial charge in [0.15, 0.2) is 0 Å². The van der Waals surface area contributed by atoms with Crippen LogP contribution in [0, 0.1) is 17.3 Å². The van der Waals surface area contributed by atoms with Crippen LogP contribution in [0.2, 0.25) is 0 Å². The molecule has 4 aliphatic rings. The van der Waals surface area contributed by atoms with Crippen molar-refractivity contribution in [3.05, 3.63) is 67.3 Å². The molecule has 3 aliphatic carbocycles. The third-order valence-corrected chi connectivity index (χ3v) is 12.7. The molecule has 57 heavy (non-hydrogen) atoms. The van der Waals surface area contributed by atoms with E-state index in [1.165, 1.54) is 4.90 Å². The fourth-order valence-corrected chi connectivity index (χ4v) is 9.18. The van der Waals surface area contributed by atoms with Crippen LogP contribution in [0.1, 0.15) is 78.6 Å². The third-order valence-electron chi connectivity index (χ3n) is 11.9. The molecule has 304 valence electrons. The highest BCUT2D eigenvalue weighted by atomic mass is 32.2. The molecule has 2 heterocycles. The molecule has 3 N–H and O–H groups in total. The number of likely N-dealkylation sites (tertiary alicyclic amines) is 1. The molecular weight excluding hydrogens is 747 g/mol. The molecule has 4 amide bonds. The van der Waals surface area contributed by atoms with Crippen LogP contribution in [-0.4, -0.2) is 90.0 Å². The van der Waals surface area contributed by atoms with Crippen LogP contribution in [0.3, 0.4) is 0 Å². The van der Waals surface area contributed by atoms with E-state index in [0.29, 0.717) is 40.9 Å². The first-order chi connectivity index (χ1) is 27.2. The number of hydrogen-bond donors (Lipinski definition) is 3. The van der Waals surface area contributed by atoms with Crippen molar-refractivity contribution >= 4 is 45.8 Å². The number of carbonyl (C=O) groups excluding carboxylic acids is 4. The molecule has 7 rings (SSSR count). The fraction of sp³-hybridized carbons (Fsp3) is 0.512. The van der Waals surface area contributed by atoms with Crippen molar-refractivity contribution in [3.8, 4) is 22.8 Å². The van der Waals surface area contributed by atoms with Crippen LogP contribution in [0.4, 0.5) is 0 Å². The highest BCUT2D eigenvalue weighted by molar-refractivity contribution is 7.77. The van der Waals surface area contributed by atoms with Gasteiger partial charge in [-0.15, -0.1) is 6.58 Å². The summed E-state index contributed by atoms with van der Waals surface area (Å²) in [5.74, 6) is -1.89. The Labute approximate surface area is 336 Å². The largest absolute Gasteiger partial charge is 0.497 e. The van der Waals surface area contributed by atoms with Crippen molar-refractivity contribution in [3.63, 3.8) is 0 Å². The minimum Gasteiger partial charge on any atom is -0.497 e. The van der Waals surface area contributed by atoms with Crippen molar-refractivity contribution < 1.29 is 37.4 Å². The second-order valence-corrected chi connectivity index (χ2v) is 17.9. The third kappa shape index (κ3) is 8.57. The summed E-state index contributed by atoms with van der Waals surface area (Å²) >= 11 is -2.58. The normalized spacial score (nSPS) is 24.4. The number of nitrogens with zero attached hydrogens (tertiary/aromatic N) is 3. The Hall–Kier alpha value is -4.82. The van der Waals surface area contributed by atoms with Gasteiger partial charge in [-0.05, 0) is 49.7 Å². The zero-order valence-electron chi connectivity index (χ0n) is 33.1. The summed E-state index contributed by atoms with van der Waals surface area (Å²) in [6.07, 6.45) is 6.26. The smallest absolute Gasteiger partial charge is 0.264 e. The number of hydrogen-bond acceptors (Lipinski definition) is 8. The van der Waals surface area contributed by atoms with E-state index in [-0.39, 0.29) is 49.7 Å². The number of rotatable bonds is 14. The van der Waals surface area contributed by atoms with Crippen molar-refractivity contribution in [2.24, 2.45) is 17.3 Å². The number of amides is 4. The summed E-state index contributed by atoms with van der Waals surface area (Å²) in [4.78, 5) is 63.2. The van der Waals surface area contributed by atoms with Crippen LogP contribution in [0.5, 0.6) is 11.5 Å². The van der Waals surface area contributed by atoms with Crippen LogP contribution >= 0.6 is 0 Å². The molecule has 0 spiro atoms. The minimum absolute atomic E-state index is 0.0368. The van der Waals surface area contributed by atoms with E-state index >= 15 is 0 Å². The molecule has 1 aliphatic heterocycles. The zero-order chi connectivity index (χ0) is 40.6. The quantitative estimate of drug-likeness (QED) is 0.140. The molecule has 0 bridgehead atoms.